The highest BCUT2D eigenvalue weighted by Gasteiger charge is 2.14. The molecule has 0 fully saturated rings. The molecule has 0 aliphatic carbocycles. The summed E-state index contributed by atoms with van der Waals surface area (Å²) < 4.78 is 27.8. The predicted octanol–water partition coefficient (Wildman–Crippen LogP) is 3.94. The molecule has 0 bridgehead atoms. The standard InChI is InChI=1S/C13H10Cl2O3S/c1-18-13-8-11(19(15,16)17)5-6-12(13)9-3-2-4-10(14)7-9/h2-8H,1H3. The molecule has 0 spiro atoms. The van der Waals surface area contributed by atoms with Crippen molar-refractivity contribution in [2.24, 2.45) is 0 Å². The zero-order valence-corrected chi connectivity index (χ0v) is 12.3. The number of halogens is 2. The topological polar surface area (TPSA) is 43.4 Å². The molecule has 0 aromatic heterocycles. The van der Waals surface area contributed by atoms with E-state index in [0.29, 0.717) is 10.8 Å². The number of rotatable bonds is 3. The van der Waals surface area contributed by atoms with Crippen molar-refractivity contribution in [1.82, 2.24) is 0 Å². The minimum absolute atomic E-state index is 0.00297. The predicted molar refractivity (Wildman–Crippen MR) is 76.5 cm³/mol. The van der Waals surface area contributed by atoms with Gasteiger partial charge < -0.3 is 4.74 Å². The van der Waals surface area contributed by atoms with Crippen molar-refractivity contribution in [3.8, 4) is 16.9 Å². The van der Waals surface area contributed by atoms with Crippen LogP contribution in [0.15, 0.2) is 47.4 Å². The van der Waals surface area contributed by atoms with Crippen LogP contribution >= 0.6 is 22.3 Å². The highest BCUT2D eigenvalue weighted by atomic mass is 35.7. The second-order valence-electron chi connectivity index (χ2n) is 3.81. The van der Waals surface area contributed by atoms with Crippen LogP contribution in [0.25, 0.3) is 11.1 Å². The van der Waals surface area contributed by atoms with E-state index in [1.165, 1.54) is 19.2 Å². The second-order valence-corrected chi connectivity index (χ2v) is 6.81. The number of hydrogen-bond acceptors (Lipinski definition) is 3. The van der Waals surface area contributed by atoms with Crippen molar-refractivity contribution in [1.29, 1.82) is 0 Å². The lowest BCUT2D eigenvalue weighted by atomic mass is 10.0. The van der Waals surface area contributed by atoms with Gasteiger partial charge in [-0.05, 0) is 29.8 Å². The van der Waals surface area contributed by atoms with Crippen LogP contribution in [0.2, 0.25) is 5.02 Å². The maximum atomic E-state index is 11.3. The Morgan fingerprint density at radius 1 is 1.11 bits per heavy atom. The van der Waals surface area contributed by atoms with E-state index in [9.17, 15) is 8.42 Å². The van der Waals surface area contributed by atoms with E-state index in [4.69, 9.17) is 27.0 Å². The number of benzene rings is 2. The summed E-state index contributed by atoms with van der Waals surface area (Å²) >= 11 is 5.94. The van der Waals surface area contributed by atoms with Crippen molar-refractivity contribution in [3.05, 3.63) is 47.5 Å². The molecule has 19 heavy (non-hydrogen) atoms. The van der Waals surface area contributed by atoms with Crippen molar-refractivity contribution in [2.75, 3.05) is 7.11 Å². The van der Waals surface area contributed by atoms with Crippen LogP contribution in [0.3, 0.4) is 0 Å². The van der Waals surface area contributed by atoms with Gasteiger partial charge in [0.05, 0.1) is 12.0 Å². The summed E-state index contributed by atoms with van der Waals surface area (Å²) in [5.41, 5.74) is 1.58. The first-order valence-electron chi connectivity index (χ1n) is 5.30. The van der Waals surface area contributed by atoms with Crippen LogP contribution in [0.5, 0.6) is 5.75 Å². The van der Waals surface area contributed by atoms with Gasteiger partial charge in [0.2, 0.25) is 0 Å². The molecule has 0 N–H and O–H groups in total. The fraction of sp³-hybridized carbons (Fsp3) is 0.0769. The largest absolute Gasteiger partial charge is 0.496 e. The molecule has 0 atom stereocenters. The Labute approximate surface area is 121 Å². The minimum atomic E-state index is -3.78. The molecule has 0 aliphatic rings. The Kier molecular flexibility index (Phi) is 4.04. The highest BCUT2D eigenvalue weighted by Crippen LogP contribution is 2.33. The van der Waals surface area contributed by atoms with Gasteiger partial charge in [-0.3, -0.25) is 0 Å². The quantitative estimate of drug-likeness (QED) is 0.805. The third kappa shape index (κ3) is 3.21. The van der Waals surface area contributed by atoms with Gasteiger partial charge in [-0.25, -0.2) is 8.42 Å². The Morgan fingerprint density at radius 2 is 1.84 bits per heavy atom. The summed E-state index contributed by atoms with van der Waals surface area (Å²) in [7, 11) is 3.00. The van der Waals surface area contributed by atoms with Crippen LogP contribution < -0.4 is 4.74 Å². The van der Waals surface area contributed by atoms with Gasteiger partial charge in [-0.1, -0.05) is 23.7 Å². The van der Waals surface area contributed by atoms with Gasteiger partial charge in [0.1, 0.15) is 5.75 Å². The SMILES string of the molecule is COc1cc(S(=O)(=O)Cl)ccc1-c1cccc(Cl)c1. The smallest absolute Gasteiger partial charge is 0.261 e. The Bertz CT molecular complexity index is 712. The van der Waals surface area contributed by atoms with Gasteiger partial charge >= 0.3 is 0 Å². The molecule has 2 aromatic rings. The highest BCUT2D eigenvalue weighted by molar-refractivity contribution is 8.13. The molecule has 0 saturated carbocycles. The van der Waals surface area contributed by atoms with E-state index in [1.807, 2.05) is 12.1 Å². The number of ether oxygens (including phenoxy) is 1. The summed E-state index contributed by atoms with van der Waals surface area (Å²) in [6.07, 6.45) is 0. The zero-order valence-electron chi connectivity index (χ0n) is 9.93. The molecule has 2 rings (SSSR count). The normalized spacial score (nSPS) is 11.3. The summed E-state index contributed by atoms with van der Waals surface area (Å²) in [6, 6.07) is 11.7. The van der Waals surface area contributed by atoms with Gasteiger partial charge in [-0.2, -0.15) is 0 Å². The third-order valence-electron chi connectivity index (χ3n) is 2.59. The van der Waals surface area contributed by atoms with Crippen LogP contribution in [-0.4, -0.2) is 15.5 Å². The number of hydrogen-bond donors (Lipinski definition) is 0. The lowest BCUT2D eigenvalue weighted by Gasteiger charge is -2.10. The maximum Gasteiger partial charge on any atom is 0.261 e. The second kappa shape index (κ2) is 5.41. The monoisotopic (exact) mass is 316 g/mol. The molecule has 0 radical (unpaired) electrons. The molecule has 0 amide bonds. The lowest BCUT2D eigenvalue weighted by molar-refractivity contribution is 0.415. The molecular weight excluding hydrogens is 307 g/mol. The van der Waals surface area contributed by atoms with Crippen molar-refractivity contribution < 1.29 is 13.2 Å². The summed E-state index contributed by atoms with van der Waals surface area (Å²) in [6.45, 7) is 0. The summed E-state index contributed by atoms with van der Waals surface area (Å²) in [5, 5.41) is 0.591. The molecule has 0 unspecified atom stereocenters. The van der Waals surface area contributed by atoms with Gasteiger partial charge in [0, 0.05) is 27.3 Å². The summed E-state index contributed by atoms with van der Waals surface area (Å²) in [4.78, 5) is -0.00297. The molecule has 0 heterocycles. The van der Waals surface area contributed by atoms with Crippen LogP contribution in [0.4, 0.5) is 0 Å². The first kappa shape index (κ1) is 14.2. The lowest BCUT2D eigenvalue weighted by Crippen LogP contribution is -1.94. The van der Waals surface area contributed by atoms with E-state index >= 15 is 0 Å². The molecule has 6 heteroatoms. The van der Waals surface area contributed by atoms with Crippen molar-refractivity contribution in [3.63, 3.8) is 0 Å². The molecule has 3 nitrogen and oxygen atoms in total. The molecular formula is C13H10Cl2O3S. The van der Waals surface area contributed by atoms with Gasteiger partial charge in [0.25, 0.3) is 9.05 Å². The number of methoxy groups -OCH3 is 1. The Hall–Kier alpha value is -1.23. The average Bonchev–Trinajstić information content (AvgIpc) is 2.37. The zero-order chi connectivity index (χ0) is 14.0. The third-order valence-corrected chi connectivity index (χ3v) is 4.18. The molecule has 0 aliphatic heterocycles. The van der Waals surface area contributed by atoms with Gasteiger partial charge in [0.15, 0.2) is 0 Å². The Balaban J connectivity index is 2.59. The van der Waals surface area contributed by atoms with E-state index in [-0.39, 0.29) is 4.90 Å². The minimum Gasteiger partial charge on any atom is -0.496 e. The fourth-order valence-electron chi connectivity index (χ4n) is 1.72. The van der Waals surface area contributed by atoms with Gasteiger partial charge in [-0.15, -0.1) is 0 Å². The van der Waals surface area contributed by atoms with E-state index < -0.39 is 9.05 Å². The Morgan fingerprint density at radius 3 is 2.42 bits per heavy atom. The molecule has 100 valence electrons. The first-order valence-corrected chi connectivity index (χ1v) is 7.99. The molecule has 2 aromatic carbocycles. The first-order chi connectivity index (χ1) is 8.91. The molecule has 0 saturated heterocycles. The van der Waals surface area contributed by atoms with E-state index in [2.05, 4.69) is 0 Å². The maximum absolute atomic E-state index is 11.3. The van der Waals surface area contributed by atoms with E-state index in [1.54, 1.807) is 18.2 Å². The van der Waals surface area contributed by atoms with Crippen molar-refractivity contribution in [2.45, 2.75) is 4.90 Å². The summed E-state index contributed by atoms with van der Waals surface area (Å²) in [5.74, 6) is 0.420. The van der Waals surface area contributed by atoms with Crippen molar-refractivity contribution >= 4 is 31.3 Å². The van der Waals surface area contributed by atoms with Crippen LogP contribution in [0, 0.1) is 0 Å². The fourth-order valence-corrected chi connectivity index (χ4v) is 2.67. The van der Waals surface area contributed by atoms with E-state index in [0.717, 1.165) is 11.1 Å². The van der Waals surface area contributed by atoms with Crippen LogP contribution in [-0.2, 0) is 9.05 Å². The average molecular weight is 317 g/mol. The van der Waals surface area contributed by atoms with Crippen LogP contribution in [0.1, 0.15) is 0 Å².